The van der Waals surface area contributed by atoms with Gasteiger partial charge in [-0.15, -0.1) is 35.3 Å². The van der Waals surface area contributed by atoms with Crippen LogP contribution in [-0.2, 0) is 0 Å². The van der Waals surface area contributed by atoms with Crippen LogP contribution in [0.15, 0.2) is 35.3 Å². The van der Waals surface area contributed by atoms with Crippen LogP contribution in [0.1, 0.15) is 37.7 Å². The standard InChI is InChI=1S/C20H32N4OS.HI/c1-4-24(5-2)13-9-8-12-22-20(21-3)23-15-17(25)19-14-16-10-6-7-11-18(16)26-19;/h6-7,10-11,14,17,25H,4-5,8-9,12-13,15H2,1-3H3,(H2,21,22,23);1H. The number of thiophene rings is 1. The summed E-state index contributed by atoms with van der Waals surface area (Å²) in [5.41, 5.74) is 0. The van der Waals surface area contributed by atoms with Gasteiger partial charge in [0.15, 0.2) is 5.96 Å². The number of aliphatic hydroxyl groups excluding tert-OH is 1. The van der Waals surface area contributed by atoms with Crippen molar-refractivity contribution in [1.29, 1.82) is 0 Å². The lowest BCUT2D eigenvalue weighted by atomic mass is 10.2. The zero-order valence-corrected chi connectivity index (χ0v) is 19.7. The molecule has 2 rings (SSSR count). The van der Waals surface area contributed by atoms with Gasteiger partial charge in [0, 0.05) is 29.7 Å². The van der Waals surface area contributed by atoms with E-state index in [1.54, 1.807) is 18.4 Å². The average molecular weight is 504 g/mol. The van der Waals surface area contributed by atoms with Gasteiger partial charge in [0.25, 0.3) is 0 Å². The number of guanidine groups is 1. The van der Waals surface area contributed by atoms with Crippen LogP contribution in [0.4, 0.5) is 0 Å². The van der Waals surface area contributed by atoms with Crippen molar-refractivity contribution in [3.8, 4) is 0 Å². The molecule has 5 nitrogen and oxygen atoms in total. The molecule has 0 aliphatic rings. The number of unbranched alkanes of at least 4 members (excludes halogenated alkanes) is 1. The summed E-state index contributed by atoms with van der Waals surface area (Å²) in [4.78, 5) is 7.66. The van der Waals surface area contributed by atoms with Gasteiger partial charge in [-0.1, -0.05) is 32.0 Å². The van der Waals surface area contributed by atoms with Crippen molar-refractivity contribution in [2.75, 3.05) is 39.8 Å². The van der Waals surface area contributed by atoms with E-state index in [1.165, 1.54) is 16.5 Å². The lowest BCUT2D eigenvalue weighted by Gasteiger charge is -2.18. The fourth-order valence-corrected chi connectivity index (χ4v) is 3.94. The number of fused-ring (bicyclic) bond motifs is 1. The summed E-state index contributed by atoms with van der Waals surface area (Å²) in [5.74, 6) is 0.744. The van der Waals surface area contributed by atoms with E-state index in [9.17, 15) is 5.11 Å². The van der Waals surface area contributed by atoms with Crippen molar-refractivity contribution in [1.82, 2.24) is 15.5 Å². The largest absolute Gasteiger partial charge is 0.386 e. The summed E-state index contributed by atoms with van der Waals surface area (Å²) in [6, 6.07) is 10.3. The second kappa shape index (κ2) is 13.3. The van der Waals surface area contributed by atoms with E-state index in [2.05, 4.69) is 52.6 Å². The van der Waals surface area contributed by atoms with Crippen LogP contribution in [0, 0.1) is 0 Å². The molecule has 0 bridgehead atoms. The van der Waals surface area contributed by atoms with Crippen LogP contribution in [-0.4, -0.2) is 55.7 Å². The molecule has 1 aromatic carbocycles. The maximum Gasteiger partial charge on any atom is 0.191 e. The molecule has 0 amide bonds. The van der Waals surface area contributed by atoms with Crippen LogP contribution < -0.4 is 10.6 Å². The van der Waals surface area contributed by atoms with E-state index < -0.39 is 6.10 Å². The van der Waals surface area contributed by atoms with E-state index in [0.29, 0.717) is 6.54 Å². The number of rotatable bonds is 10. The molecule has 1 heterocycles. The normalized spacial score (nSPS) is 12.9. The maximum absolute atomic E-state index is 10.5. The highest BCUT2D eigenvalue weighted by Crippen LogP contribution is 2.29. The zero-order chi connectivity index (χ0) is 18.8. The molecule has 3 N–H and O–H groups in total. The summed E-state index contributed by atoms with van der Waals surface area (Å²) in [6.45, 7) is 9.12. The zero-order valence-electron chi connectivity index (χ0n) is 16.6. The fraction of sp³-hybridized carbons (Fsp3) is 0.550. The topological polar surface area (TPSA) is 59.9 Å². The first kappa shape index (κ1) is 24.1. The molecule has 27 heavy (non-hydrogen) atoms. The van der Waals surface area contributed by atoms with Gasteiger partial charge < -0.3 is 20.6 Å². The Hall–Kier alpha value is -0.900. The minimum Gasteiger partial charge on any atom is -0.386 e. The number of aliphatic hydroxyl groups is 1. The Balaban J connectivity index is 0.00000364. The molecule has 0 aliphatic carbocycles. The van der Waals surface area contributed by atoms with Gasteiger partial charge in [-0.2, -0.15) is 0 Å². The third-order valence-corrected chi connectivity index (χ3v) is 5.76. The molecule has 0 saturated carbocycles. The Kier molecular flexibility index (Phi) is 11.9. The average Bonchev–Trinajstić information content (AvgIpc) is 3.11. The van der Waals surface area contributed by atoms with Crippen LogP contribution in [0.25, 0.3) is 10.1 Å². The van der Waals surface area contributed by atoms with Crippen LogP contribution in [0.3, 0.4) is 0 Å². The fourth-order valence-electron chi connectivity index (χ4n) is 2.89. The minimum atomic E-state index is -0.534. The van der Waals surface area contributed by atoms with Gasteiger partial charge >= 0.3 is 0 Å². The second-order valence-electron chi connectivity index (χ2n) is 6.32. The first-order valence-electron chi connectivity index (χ1n) is 9.51. The van der Waals surface area contributed by atoms with Crippen molar-refractivity contribution in [3.63, 3.8) is 0 Å². The number of benzene rings is 1. The molecule has 0 spiro atoms. The number of aliphatic imine (C=N–C) groups is 1. The third-order valence-electron chi connectivity index (χ3n) is 4.55. The van der Waals surface area contributed by atoms with Gasteiger partial charge in [-0.25, -0.2) is 0 Å². The second-order valence-corrected chi connectivity index (χ2v) is 7.43. The monoisotopic (exact) mass is 504 g/mol. The summed E-state index contributed by atoms with van der Waals surface area (Å²) in [7, 11) is 1.76. The number of hydrogen-bond acceptors (Lipinski definition) is 4. The van der Waals surface area contributed by atoms with Crippen molar-refractivity contribution in [2.45, 2.75) is 32.8 Å². The Morgan fingerprint density at radius 3 is 2.59 bits per heavy atom. The molecular weight excluding hydrogens is 471 g/mol. The molecule has 1 unspecified atom stereocenters. The van der Waals surface area contributed by atoms with Crippen molar-refractivity contribution < 1.29 is 5.11 Å². The Morgan fingerprint density at radius 1 is 1.19 bits per heavy atom. The highest BCUT2D eigenvalue weighted by molar-refractivity contribution is 14.0. The number of halogens is 1. The van der Waals surface area contributed by atoms with E-state index in [1.807, 2.05) is 12.1 Å². The number of nitrogens with one attached hydrogen (secondary N) is 2. The molecule has 7 heteroatoms. The van der Waals surface area contributed by atoms with Gasteiger partial charge in [-0.05, 0) is 50.0 Å². The van der Waals surface area contributed by atoms with Gasteiger partial charge in [0.05, 0.1) is 0 Å². The summed E-state index contributed by atoms with van der Waals surface area (Å²) < 4.78 is 1.21. The minimum absolute atomic E-state index is 0. The molecule has 1 aromatic heterocycles. The predicted octanol–water partition coefficient (Wildman–Crippen LogP) is 3.84. The molecular formula is C20H33IN4OS. The van der Waals surface area contributed by atoms with E-state index in [0.717, 1.165) is 43.4 Å². The molecule has 0 radical (unpaired) electrons. The van der Waals surface area contributed by atoms with Crippen molar-refractivity contribution in [2.24, 2.45) is 4.99 Å². The van der Waals surface area contributed by atoms with Gasteiger partial charge in [0.2, 0.25) is 0 Å². The van der Waals surface area contributed by atoms with Crippen molar-refractivity contribution >= 4 is 51.4 Å². The third kappa shape index (κ3) is 7.93. The first-order valence-corrected chi connectivity index (χ1v) is 10.3. The van der Waals surface area contributed by atoms with Crippen LogP contribution in [0.2, 0.25) is 0 Å². The smallest absolute Gasteiger partial charge is 0.191 e. The van der Waals surface area contributed by atoms with Crippen molar-refractivity contribution in [3.05, 3.63) is 35.2 Å². The van der Waals surface area contributed by atoms with E-state index in [-0.39, 0.29) is 24.0 Å². The predicted molar refractivity (Wildman–Crippen MR) is 129 cm³/mol. The Labute approximate surface area is 184 Å². The molecule has 152 valence electrons. The quantitative estimate of drug-likeness (QED) is 0.199. The molecule has 1 atom stereocenters. The maximum atomic E-state index is 10.5. The van der Waals surface area contributed by atoms with Crippen LogP contribution >= 0.6 is 35.3 Å². The Morgan fingerprint density at radius 2 is 1.93 bits per heavy atom. The Bertz CT molecular complexity index is 654. The lowest BCUT2D eigenvalue weighted by molar-refractivity contribution is 0.184. The molecule has 0 fully saturated rings. The van der Waals surface area contributed by atoms with Gasteiger partial charge in [-0.3, -0.25) is 4.99 Å². The molecule has 0 saturated heterocycles. The molecule has 0 aliphatic heterocycles. The number of hydrogen-bond donors (Lipinski definition) is 3. The summed E-state index contributed by atoms with van der Waals surface area (Å²) >= 11 is 1.64. The lowest BCUT2D eigenvalue weighted by Crippen LogP contribution is -2.39. The van der Waals surface area contributed by atoms with Crippen LogP contribution in [0.5, 0.6) is 0 Å². The van der Waals surface area contributed by atoms with E-state index >= 15 is 0 Å². The number of nitrogens with zero attached hydrogens (tertiary/aromatic N) is 2. The first-order chi connectivity index (χ1) is 12.7. The molecule has 2 aromatic rings. The SMILES string of the molecule is CCN(CC)CCCCNC(=NC)NCC(O)c1cc2ccccc2s1.I. The summed E-state index contributed by atoms with van der Waals surface area (Å²) in [6.07, 6.45) is 1.75. The summed E-state index contributed by atoms with van der Waals surface area (Å²) in [5, 5.41) is 18.2. The highest BCUT2D eigenvalue weighted by atomic mass is 127. The van der Waals surface area contributed by atoms with E-state index in [4.69, 9.17) is 0 Å². The van der Waals surface area contributed by atoms with Gasteiger partial charge in [0.1, 0.15) is 6.10 Å². The highest BCUT2D eigenvalue weighted by Gasteiger charge is 2.12.